The SMILES string of the molecule is CC(C)(C)c1cc(NC(=O)c2cccc(NC(=O)C3CCCO3)c2)n(C2CCS(=O)(=O)C2)n1. The van der Waals surface area contributed by atoms with E-state index in [-0.39, 0.29) is 34.8 Å². The number of ether oxygens (including phenoxy) is 1. The van der Waals surface area contributed by atoms with Crippen LogP contribution in [0.1, 0.15) is 62.1 Å². The van der Waals surface area contributed by atoms with Crippen LogP contribution in [-0.4, -0.2) is 54.2 Å². The molecule has 3 heterocycles. The maximum Gasteiger partial charge on any atom is 0.256 e. The van der Waals surface area contributed by atoms with Crippen molar-refractivity contribution >= 4 is 33.2 Å². The number of amides is 2. The molecule has 2 atom stereocenters. The molecule has 1 aromatic heterocycles. The quantitative estimate of drug-likeness (QED) is 0.688. The van der Waals surface area contributed by atoms with E-state index in [0.717, 1.165) is 12.1 Å². The molecular weight excluding hydrogens is 444 g/mol. The van der Waals surface area contributed by atoms with Gasteiger partial charge in [-0.2, -0.15) is 5.10 Å². The van der Waals surface area contributed by atoms with Crippen molar-refractivity contribution in [2.75, 3.05) is 28.7 Å². The van der Waals surface area contributed by atoms with Crippen LogP contribution >= 0.6 is 0 Å². The van der Waals surface area contributed by atoms with Crippen molar-refractivity contribution in [3.8, 4) is 0 Å². The molecule has 2 saturated heterocycles. The van der Waals surface area contributed by atoms with E-state index in [9.17, 15) is 18.0 Å². The summed E-state index contributed by atoms with van der Waals surface area (Å²) >= 11 is 0. The number of carbonyl (C=O) groups is 2. The van der Waals surface area contributed by atoms with Crippen LogP contribution in [0.5, 0.6) is 0 Å². The van der Waals surface area contributed by atoms with Crippen molar-refractivity contribution in [3.05, 3.63) is 41.6 Å². The summed E-state index contributed by atoms with van der Waals surface area (Å²) in [5.41, 5.74) is 1.37. The topological polar surface area (TPSA) is 119 Å². The number of rotatable bonds is 5. The minimum Gasteiger partial charge on any atom is -0.368 e. The summed E-state index contributed by atoms with van der Waals surface area (Å²) in [4.78, 5) is 25.4. The van der Waals surface area contributed by atoms with Crippen LogP contribution in [0.2, 0.25) is 0 Å². The molecular formula is C23H30N4O5S. The van der Waals surface area contributed by atoms with Crippen molar-refractivity contribution < 1.29 is 22.7 Å². The Hall–Kier alpha value is -2.72. The van der Waals surface area contributed by atoms with Gasteiger partial charge in [-0.05, 0) is 37.5 Å². The Balaban J connectivity index is 1.54. The molecule has 2 fully saturated rings. The lowest BCUT2D eigenvalue weighted by atomic mass is 9.92. The molecule has 2 amide bonds. The Labute approximate surface area is 193 Å². The van der Waals surface area contributed by atoms with Gasteiger partial charge in [0, 0.05) is 29.3 Å². The molecule has 0 spiro atoms. The van der Waals surface area contributed by atoms with Crippen LogP contribution in [0, 0.1) is 0 Å². The van der Waals surface area contributed by atoms with Gasteiger partial charge in [0.1, 0.15) is 11.9 Å². The van der Waals surface area contributed by atoms with Crippen LogP contribution < -0.4 is 10.6 Å². The Morgan fingerprint density at radius 3 is 2.58 bits per heavy atom. The minimum absolute atomic E-state index is 0.00584. The number of nitrogens with one attached hydrogen (secondary N) is 2. The molecule has 10 heteroatoms. The molecule has 1 aromatic carbocycles. The Morgan fingerprint density at radius 1 is 1.15 bits per heavy atom. The molecule has 0 bridgehead atoms. The molecule has 2 unspecified atom stereocenters. The first kappa shape index (κ1) is 23.4. The largest absolute Gasteiger partial charge is 0.368 e. The van der Waals surface area contributed by atoms with Gasteiger partial charge in [0.25, 0.3) is 11.8 Å². The molecule has 2 aromatic rings. The first-order valence-electron chi connectivity index (χ1n) is 11.2. The van der Waals surface area contributed by atoms with E-state index in [1.54, 1.807) is 35.0 Å². The van der Waals surface area contributed by atoms with Gasteiger partial charge in [-0.25, -0.2) is 13.1 Å². The highest BCUT2D eigenvalue weighted by atomic mass is 32.2. The van der Waals surface area contributed by atoms with Crippen LogP contribution in [-0.2, 0) is 24.8 Å². The zero-order valence-corrected chi connectivity index (χ0v) is 19.9. The summed E-state index contributed by atoms with van der Waals surface area (Å²) < 4.78 is 31.1. The van der Waals surface area contributed by atoms with Crippen molar-refractivity contribution in [3.63, 3.8) is 0 Å². The van der Waals surface area contributed by atoms with Crippen molar-refractivity contribution in [1.29, 1.82) is 0 Å². The molecule has 2 aliphatic heterocycles. The first-order valence-corrected chi connectivity index (χ1v) is 13.0. The number of benzene rings is 1. The van der Waals surface area contributed by atoms with E-state index < -0.39 is 15.9 Å². The molecule has 4 rings (SSSR count). The van der Waals surface area contributed by atoms with E-state index in [1.807, 2.05) is 20.8 Å². The third-order valence-corrected chi connectivity index (χ3v) is 7.66. The molecule has 0 saturated carbocycles. The monoisotopic (exact) mass is 474 g/mol. The van der Waals surface area contributed by atoms with Gasteiger partial charge in [0.15, 0.2) is 9.84 Å². The summed E-state index contributed by atoms with van der Waals surface area (Å²) in [5.74, 6) is -0.0134. The normalized spacial score (nSPS) is 22.3. The maximum atomic E-state index is 13.1. The third-order valence-electron chi connectivity index (χ3n) is 5.91. The summed E-state index contributed by atoms with van der Waals surface area (Å²) in [6, 6.07) is 8.15. The lowest BCUT2D eigenvalue weighted by Crippen LogP contribution is -2.27. The second-order valence-electron chi connectivity index (χ2n) is 9.69. The smallest absolute Gasteiger partial charge is 0.256 e. The average molecular weight is 475 g/mol. The van der Waals surface area contributed by atoms with E-state index in [0.29, 0.717) is 36.5 Å². The van der Waals surface area contributed by atoms with Gasteiger partial charge < -0.3 is 15.4 Å². The highest BCUT2D eigenvalue weighted by Crippen LogP contribution is 2.31. The number of anilines is 2. The number of hydrogen-bond donors (Lipinski definition) is 2. The van der Waals surface area contributed by atoms with Crippen LogP contribution in [0.3, 0.4) is 0 Å². The fourth-order valence-corrected chi connectivity index (χ4v) is 5.73. The predicted molar refractivity (Wildman–Crippen MR) is 125 cm³/mol. The van der Waals surface area contributed by atoms with Crippen LogP contribution in [0.4, 0.5) is 11.5 Å². The van der Waals surface area contributed by atoms with Gasteiger partial charge in [-0.15, -0.1) is 0 Å². The summed E-state index contributed by atoms with van der Waals surface area (Å²) in [5, 5.41) is 10.3. The standard InChI is InChI=1S/C23H30N4O5S/c1-23(2,3)19-13-20(27(26-19)17-9-11-33(30,31)14-17)25-21(28)15-6-4-7-16(12-15)24-22(29)18-8-5-10-32-18/h4,6-7,12-13,17-18H,5,8-11,14H2,1-3H3,(H,24,29)(H,25,28). The molecule has 2 aliphatic rings. The Kier molecular flexibility index (Phi) is 6.32. The van der Waals surface area contributed by atoms with Gasteiger partial charge in [0.2, 0.25) is 0 Å². The van der Waals surface area contributed by atoms with Crippen molar-refractivity contribution in [1.82, 2.24) is 9.78 Å². The zero-order chi connectivity index (χ0) is 23.8. The van der Waals surface area contributed by atoms with E-state index in [2.05, 4.69) is 15.7 Å². The first-order chi connectivity index (χ1) is 15.5. The van der Waals surface area contributed by atoms with Gasteiger partial charge in [0.05, 0.1) is 23.2 Å². The lowest BCUT2D eigenvalue weighted by molar-refractivity contribution is -0.124. The van der Waals surface area contributed by atoms with Crippen molar-refractivity contribution in [2.45, 2.75) is 57.6 Å². The minimum atomic E-state index is -3.12. The summed E-state index contributed by atoms with van der Waals surface area (Å²) in [7, 11) is -3.12. The molecule has 9 nitrogen and oxygen atoms in total. The second kappa shape index (κ2) is 8.90. The fraction of sp³-hybridized carbons (Fsp3) is 0.522. The number of carbonyl (C=O) groups excluding carboxylic acids is 2. The third kappa shape index (κ3) is 5.44. The predicted octanol–water partition coefficient (Wildman–Crippen LogP) is 2.91. The van der Waals surface area contributed by atoms with Crippen LogP contribution in [0.15, 0.2) is 30.3 Å². The molecule has 0 aliphatic carbocycles. The summed E-state index contributed by atoms with van der Waals surface area (Å²) in [6.45, 7) is 6.61. The Morgan fingerprint density at radius 2 is 1.94 bits per heavy atom. The Bertz CT molecular complexity index is 1160. The number of sulfone groups is 1. The highest BCUT2D eigenvalue weighted by molar-refractivity contribution is 7.91. The molecule has 2 N–H and O–H groups in total. The van der Waals surface area contributed by atoms with Gasteiger partial charge in [-0.3, -0.25) is 9.59 Å². The van der Waals surface area contributed by atoms with Crippen molar-refractivity contribution in [2.24, 2.45) is 0 Å². The number of nitrogens with zero attached hydrogens (tertiary/aromatic N) is 2. The average Bonchev–Trinajstić information content (AvgIpc) is 3.47. The maximum absolute atomic E-state index is 13.1. The highest BCUT2D eigenvalue weighted by Gasteiger charge is 2.33. The lowest BCUT2D eigenvalue weighted by Gasteiger charge is -2.16. The fourth-order valence-electron chi connectivity index (χ4n) is 4.03. The van der Waals surface area contributed by atoms with E-state index in [4.69, 9.17) is 4.74 Å². The second-order valence-corrected chi connectivity index (χ2v) is 11.9. The zero-order valence-electron chi connectivity index (χ0n) is 19.1. The summed E-state index contributed by atoms with van der Waals surface area (Å²) in [6.07, 6.45) is 1.53. The molecule has 178 valence electrons. The van der Waals surface area contributed by atoms with Gasteiger partial charge >= 0.3 is 0 Å². The number of aromatic nitrogens is 2. The van der Waals surface area contributed by atoms with E-state index in [1.165, 1.54) is 0 Å². The van der Waals surface area contributed by atoms with Crippen LogP contribution in [0.25, 0.3) is 0 Å². The van der Waals surface area contributed by atoms with Gasteiger partial charge in [-0.1, -0.05) is 26.8 Å². The van der Waals surface area contributed by atoms with E-state index >= 15 is 0 Å². The number of hydrogen-bond acceptors (Lipinski definition) is 6. The molecule has 0 radical (unpaired) electrons. The molecule has 33 heavy (non-hydrogen) atoms.